The summed E-state index contributed by atoms with van der Waals surface area (Å²) in [4.78, 5) is 24.7. The fraction of sp³-hybridized carbons (Fsp3) is 0.667. The summed E-state index contributed by atoms with van der Waals surface area (Å²) in [5.74, 6) is 0.0794. The predicted octanol–water partition coefficient (Wildman–Crippen LogP) is 0.706. The van der Waals surface area contributed by atoms with Crippen LogP contribution in [0, 0.1) is 11.3 Å². The highest BCUT2D eigenvalue weighted by Crippen LogP contribution is 2.66. The number of hydrogen-bond acceptors (Lipinski definition) is 6. The Kier molecular flexibility index (Phi) is 2.51. The molecule has 3 fully saturated rings. The molecule has 7 atom stereocenters. The number of epoxide rings is 1. The van der Waals surface area contributed by atoms with Gasteiger partial charge in [-0.05, 0) is 18.1 Å². The van der Waals surface area contributed by atoms with Crippen molar-refractivity contribution in [2.24, 2.45) is 11.3 Å². The van der Waals surface area contributed by atoms with Crippen LogP contribution in [0.2, 0.25) is 0 Å². The van der Waals surface area contributed by atoms with Crippen molar-refractivity contribution >= 4 is 5.97 Å². The molecule has 1 N–H and O–H groups in total. The van der Waals surface area contributed by atoms with Crippen molar-refractivity contribution in [1.82, 2.24) is 0 Å². The minimum atomic E-state index is -1.00. The Morgan fingerprint density at radius 3 is 2.75 bits per heavy atom. The van der Waals surface area contributed by atoms with Gasteiger partial charge >= 0.3 is 11.6 Å². The minimum Gasteiger partial charge on any atom is -0.461 e. The SMILES string of the molecule is CCc1oc(=O)cc2c1C[C@H]1OC(=O)[C@]3(C)[C@@H]1[C@@]2(C)[C@H]1O[C@@H]1[C@@H]3O. The Balaban J connectivity index is 1.81. The smallest absolute Gasteiger partial charge is 0.336 e. The van der Waals surface area contributed by atoms with Gasteiger partial charge in [-0.2, -0.15) is 0 Å². The quantitative estimate of drug-likeness (QED) is 0.602. The minimum absolute atomic E-state index is 0.201. The summed E-state index contributed by atoms with van der Waals surface area (Å²) in [5, 5.41) is 10.7. The van der Waals surface area contributed by atoms with Crippen LogP contribution < -0.4 is 5.63 Å². The molecule has 2 aliphatic heterocycles. The van der Waals surface area contributed by atoms with Crippen LogP contribution in [0.3, 0.4) is 0 Å². The van der Waals surface area contributed by atoms with Gasteiger partial charge < -0.3 is 19.0 Å². The first-order valence-corrected chi connectivity index (χ1v) is 8.54. The van der Waals surface area contributed by atoms with E-state index in [1.54, 1.807) is 13.0 Å². The van der Waals surface area contributed by atoms with Crippen LogP contribution >= 0.6 is 0 Å². The fourth-order valence-electron chi connectivity index (χ4n) is 5.76. The summed E-state index contributed by atoms with van der Waals surface area (Å²) < 4.78 is 16.9. The normalized spacial score (nSPS) is 47.5. The zero-order chi connectivity index (χ0) is 17.0. The number of aliphatic hydroxyl groups excluding tert-OH is 1. The molecule has 2 saturated heterocycles. The largest absolute Gasteiger partial charge is 0.461 e. The number of hydrogen-bond donors (Lipinski definition) is 1. The number of carbonyl (C=O) groups excluding carboxylic acids is 1. The molecule has 3 heterocycles. The van der Waals surface area contributed by atoms with Gasteiger partial charge in [0, 0.05) is 30.2 Å². The molecule has 0 amide bonds. The first-order valence-electron chi connectivity index (χ1n) is 8.54. The van der Waals surface area contributed by atoms with E-state index in [1.165, 1.54) is 0 Å². The number of ether oxygens (including phenoxy) is 2. The highest BCUT2D eigenvalue weighted by Gasteiger charge is 2.78. The molecule has 6 nitrogen and oxygen atoms in total. The van der Waals surface area contributed by atoms with Crippen LogP contribution in [0.1, 0.15) is 37.7 Å². The van der Waals surface area contributed by atoms with Crippen LogP contribution in [-0.2, 0) is 32.5 Å². The van der Waals surface area contributed by atoms with Crippen LogP contribution in [0.15, 0.2) is 15.3 Å². The standard InChI is InChI=1S/C18H20O6/c1-4-9-7-5-10-13-17(2,8(7)6-11(19)22-9)15-12(24-15)14(20)18(13,3)16(21)23-10/h6,10,12-15,20H,4-5H2,1-3H3/t10-,12-,13+,14+,15+,17+,18-/m1/s1. The van der Waals surface area contributed by atoms with Crippen molar-refractivity contribution in [1.29, 1.82) is 0 Å². The van der Waals surface area contributed by atoms with E-state index in [4.69, 9.17) is 13.9 Å². The maximum absolute atomic E-state index is 12.6. The highest BCUT2D eigenvalue weighted by atomic mass is 16.6. The van der Waals surface area contributed by atoms with Crippen molar-refractivity contribution in [3.8, 4) is 0 Å². The topological polar surface area (TPSA) is 89.3 Å². The summed E-state index contributed by atoms with van der Waals surface area (Å²) in [7, 11) is 0. The van der Waals surface area contributed by atoms with E-state index in [0.717, 1.165) is 11.1 Å². The van der Waals surface area contributed by atoms with Crippen molar-refractivity contribution in [3.05, 3.63) is 33.4 Å². The van der Waals surface area contributed by atoms with E-state index in [-0.39, 0.29) is 35.8 Å². The lowest BCUT2D eigenvalue weighted by atomic mass is 9.49. The molecule has 6 heteroatoms. The van der Waals surface area contributed by atoms with Crippen molar-refractivity contribution < 1.29 is 23.8 Å². The van der Waals surface area contributed by atoms with Crippen molar-refractivity contribution in [3.63, 3.8) is 0 Å². The van der Waals surface area contributed by atoms with E-state index in [2.05, 4.69) is 0 Å². The van der Waals surface area contributed by atoms with Crippen LogP contribution in [0.5, 0.6) is 0 Å². The third-order valence-corrected chi connectivity index (χ3v) is 6.86. The lowest BCUT2D eigenvalue weighted by Crippen LogP contribution is -2.62. The van der Waals surface area contributed by atoms with E-state index in [9.17, 15) is 14.7 Å². The van der Waals surface area contributed by atoms with Gasteiger partial charge in [-0.15, -0.1) is 0 Å². The van der Waals surface area contributed by atoms with Gasteiger partial charge in [0.15, 0.2) is 0 Å². The third kappa shape index (κ3) is 1.38. The molecule has 1 aromatic heterocycles. The molecule has 0 aromatic carbocycles. The maximum Gasteiger partial charge on any atom is 0.336 e. The Hall–Kier alpha value is -1.66. The molecule has 2 aliphatic carbocycles. The molecular weight excluding hydrogens is 312 g/mol. The van der Waals surface area contributed by atoms with Gasteiger partial charge in [-0.25, -0.2) is 4.79 Å². The number of aryl methyl sites for hydroxylation is 1. The summed E-state index contributed by atoms with van der Waals surface area (Å²) in [6, 6.07) is 1.55. The zero-order valence-corrected chi connectivity index (χ0v) is 13.9. The molecule has 5 rings (SSSR count). The van der Waals surface area contributed by atoms with Crippen molar-refractivity contribution in [2.75, 3.05) is 0 Å². The molecule has 0 spiro atoms. The monoisotopic (exact) mass is 332 g/mol. The molecule has 4 aliphatic rings. The number of fused-ring (bicyclic) bond motifs is 4. The van der Waals surface area contributed by atoms with E-state index < -0.39 is 16.9 Å². The van der Waals surface area contributed by atoms with Gasteiger partial charge in [-0.1, -0.05) is 13.8 Å². The second-order valence-corrected chi connectivity index (χ2v) is 7.89. The summed E-state index contributed by atoms with van der Waals surface area (Å²) in [5.41, 5.74) is -0.0510. The number of carbonyl (C=O) groups is 1. The van der Waals surface area contributed by atoms with Crippen LogP contribution in [-0.4, -0.2) is 35.5 Å². The average molecular weight is 332 g/mol. The molecule has 1 aromatic rings. The van der Waals surface area contributed by atoms with Gasteiger partial charge in [0.25, 0.3) is 0 Å². The summed E-state index contributed by atoms with van der Waals surface area (Å²) >= 11 is 0. The second-order valence-electron chi connectivity index (χ2n) is 7.89. The highest BCUT2D eigenvalue weighted by molar-refractivity contribution is 5.82. The average Bonchev–Trinajstić information content (AvgIpc) is 3.29. The first kappa shape index (κ1) is 14.7. The molecule has 1 saturated carbocycles. The van der Waals surface area contributed by atoms with Crippen LogP contribution in [0.25, 0.3) is 0 Å². The maximum atomic E-state index is 12.6. The van der Waals surface area contributed by atoms with Gasteiger partial charge in [0.1, 0.15) is 23.4 Å². The Morgan fingerprint density at radius 1 is 1.29 bits per heavy atom. The Morgan fingerprint density at radius 2 is 2.04 bits per heavy atom. The summed E-state index contributed by atoms with van der Waals surface area (Å²) in [6.07, 6.45) is -0.648. The lowest BCUT2D eigenvalue weighted by Gasteiger charge is -2.50. The predicted molar refractivity (Wildman–Crippen MR) is 81.6 cm³/mol. The Bertz CT molecular complexity index is 827. The second kappa shape index (κ2) is 4.11. The first-order chi connectivity index (χ1) is 11.3. The molecule has 24 heavy (non-hydrogen) atoms. The molecule has 0 unspecified atom stereocenters. The van der Waals surface area contributed by atoms with Crippen molar-refractivity contribution in [2.45, 2.75) is 63.4 Å². The van der Waals surface area contributed by atoms with Crippen LogP contribution in [0.4, 0.5) is 0 Å². The third-order valence-electron chi connectivity index (χ3n) is 6.86. The van der Waals surface area contributed by atoms with E-state index in [0.29, 0.717) is 18.6 Å². The molecular formula is C18H20O6. The number of rotatable bonds is 1. The van der Waals surface area contributed by atoms with Gasteiger partial charge in [-0.3, -0.25) is 4.79 Å². The molecule has 0 radical (unpaired) electrons. The molecule has 0 bridgehead atoms. The summed E-state index contributed by atoms with van der Waals surface area (Å²) in [6.45, 7) is 5.76. The number of aliphatic hydroxyl groups is 1. The van der Waals surface area contributed by atoms with E-state index >= 15 is 0 Å². The Labute approximate surface area is 138 Å². The zero-order valence-electron chi connectivity index (χ0n) is 13.9. The fourth-order valence-corrected chi connectivity index (χ4v) is 5.76. The van der Waals surface area contributed by atoms with Gasteiger partial charge in [0.05, 0.1) is 12.2 Å². The molecule has 128 valence electrons. The van der Waals surface area contributed by atoms with E-state index in [1.807, 2.05) is 13.8 Å². The lowest BCUT2D eigenvalue weighted by molar-refractivity contribution is -0.154. The van der Waals surface area contributed by atoms with Gasteiger partial charge in [0.2, 0.25) is 0 Å². The number of esters is 1.